The van der Waals surface area contributed by atoms with Crippen LogP contribution in [0.4, 0.5) is 5.00 Å². The molecule has 0 atom stereocenters. The van der Waals surface area contributed by atoms with Crippen molar-refractivity contribution in [1.82, 2.24) is 4.90 Å². The third-order valence-corrected chi connectivity index (χ3v) is 7.30. The monoisotopic (exact) mass is 513 g/mol. The molecular formula is C29H24ClN3O2S. The zero-order chi connectivity index (χ0) is 24.2. The van der Waals surface area contributed by atoms with Crippen molar-refractivity contribution in [2.75, 3.05) is 11.9 Å². The Labute approximate surface area is 220 Å². The number of nitriles is 1. The highest BCUT2D eigenvalue weighted by Crippen LogP contribution is 2.37. The van der Waals surface area contributed by atoms with Crippen molar-refractivity contribution >= 4 is 40.4 Å². The maximum atomic E-state index is 12.9. The second kappa shape index (κ2) is 11.3. The van der Waals surface area contributed by atoms with E-state index in [4.69, 9.17) is 0 Å². The molecule has 5 nitrogen and oxygen atoms in total. The van der Waals surface area contributed by atoms with Gasteiger partial charge in [-0.25, -0.2) is 0 Å². The molecule has 0 radical (unpaired) electrons. The van der Waals surface area contributed by atoms with Crippen LogP contribution in [0.15, 0.2) is 84.9 Å². The van der Waals surface area contributed by atoms with E-state index in [0.717, 1.165) is 36.5 Å². The van der Waals surface area contributed by atoms with Gasteiger partial charge in [0, 0.05) is 41.2 Å². The minimum absolute atomic E-state index is 0. The van der Waals surface area contributed by atoms with Gasteiger partial charge >= 0.3 is 0 Å². The van der Waals surface area contributed by atoms with E-state index in [2.05, 4.69) is 28.4 Å². The summed E-state index contributed by atoms with van der Waals surface area (Å²) in [4.78, 5) is 29.1. The second-order valence-electron chi connectivity index (χ2n) is 8.49. The number of halogens is 1. The Morgan fingerprint density at radius 3 is 2.17 bits per heavy atom. The lowest BCUT2D eigenvalue weighted by molar-refractivity contribution is 0.102. The molecule has 0 spiro atoms. The molecule has 0 unspecified atom stereocenters. The van der Waals surface area contributed by atoms with E-state index in [9.17, 15) is 14.9 Å². The number of ketones is 1. The number of benzene rings is 3. The number of rotatable bonds is 6. The summed E-state index contributed by atoms with van der Waals surface area (Å²) < 4.78 is 0. The molecule has 0 aliphatic carbocycles. The standard InChI is InChI=1S/C29H23N3O2S.ClH/c30-17-25-24-15-16-32(18-20-7-3-1-4-8-20)19-26(24)35-29(25)31-28(34)23-13-11-22(12-14-23)27(33)21-9-5-2-6-10-21;/h1-14H,15-16,18-19H2,(H,31,34);1H. The molecule has 4 aromatic rings. The van der Waals surface area contributed by atoms with Gasteiger partial charge in [0.15, 0.2) is 5.78 Å². The lowest BCUT2D eigenvalue weighted by Gasteiger charge is -2.26. The van der Waals surface area contributed by atoms with Crippen molar-refractivity contribution in [1.29, 1.82) is 5.26 Å². The molecule has 1 N–H and O–H groups in total. The summed E-state index contributed by atoms with van der Waals surface area (Å²) in [6.07, 6.45) is 0.785. The molecule has 3 aromatic carbocycles. The van der Waals surface area contributed by atoms with Gasteiger partial charge in [-0.1, -0.05) is 72.8 Å². The summed E-state index contributed by atoms with van der Waals surface area (Å²) >= 11 is 1.48. The van der Waals surface area contributed by atoms with Crippen molar-refractivity contribution in [2.24, 2.45) is 0 Å². The molecular weight excluding hydrogens is 490 g/mol. The van der Waals surface area contributed by atoms with Crippen LogP contribution < -0.4 is 5.32 Å². The van der Waals surface area contributed by atoms with Crippen molar-refractivity contribution in [3.8, 4) is 6.07 Å². The number of fused-ring (bicyclic) bond motifs is 1. The molecule has 180 valence electrons. The Morgan fingerprint density at radius 1 is 0.889 bits per heavy atom. The quantitative estimate of drug-likeness (QED) is 0.317. The van der Waals surface area contributed by atoms with Gasteiger partial charge in [-0.05, 0) is 29.7 Å². The average Bonchev–Trinajstić information content (AvgIpc) is 3.25. The van der Waals surface area contributed by atoms with Crippen LogP contribution in [0.2, 0.25) is 0 Å². The lowest BCUT2D eigenvalue weighted by atomic mass is 10.0. The summed E-state index contributed by atoms with van der Waals surface area (Å²) in [6, 6.07) is 28.3. The fraction of sp³-hybridized carbons (Fsp3) is 0.138. The Hall–Kier alpha value is -3.76. The van der Waals surface area contributed by atoms with E-state index in [-0.39, 0.29) is 24.1 Å². The van der Waals surface area contributed by atoms with Crippen molar-refractivity contribution in [3.63, 3.8) is 0 Å². The first-order valence-corrected chi connectivity index (χ1v) is 12.3. The zero-order valence-corrected chi connectivity index (χ0v) is 21.1. The summed E-state index contributed by atoms with van der Waals surface area (Å²) in [7, 11) is 0. The first-order chi connectivity index (χ1) is 17.1. The lowest BCUT2D eigenvalue weighted by Crippen LogP contribution is -2.29. The number of nitrogens with one attached hydrogen (secondary N) is 1. The highest BCUT2D eigenvalue weighted by molar-refractivity contribution is 7.16. The first kappa shape index (κ1) is 25.3. The van der Waals surface area contributed by atoms with Crippen molar-refractivity contribution in [2.45, 2.75) is 19.5 Å². The highest BCUT2D eigenvalue weighted by Gasteiger charge is 2.25. The first-order valence-electron chi connectivity index (χ1n) is 11.4. The molecule has 0 fully saturated rings. The fourth-order valence-corrected chi connectivity index (χ4v) is 5.58. The number of amides is 1. The molecule has 1 amide bonds. The third kappa shape index (κ3) is 5.39. The molecule has 7 heteroatoms. The summed E-state index contributed by atoms with van der Waals surface area (Å²) in [5, 5.41) is 13.3. The van der Waals surface area contributed by atoms with Crippen molar-refractivity contribution < 1.29 is 9.59 Å². The van der Waals surface area contributed by atoms with Crippen LogP contribution in [0, 0.1) is 11.3 Å². The third-order valence-electron chi connectivity index (χ3n) is 6.17. The highest BCUT2D eigenvalue weighted by atomic mass is 35.5. The predicted molar refractivity (Wildman–Crippen MR) is 145 cm³/mol. The molecule has 0 saturated heterocycles. The van der Waals surface area contributed by atoms with Crippen LogP contribution in [-0.2, 0) is 19.5 Å². The number of thiophene rings is 1. The zero-order valence-electron chi connectivity index (χ0n) is 19.4. The van der Waals surface area contributed by atoms with Crippen LogP contribution in [0.1, 0.15) is 47.8 Å². The SMILES string of the molecule is Cl.N#Cc1c(NC(=O)c2ccc(C(=O)c3ccccc3)cc2)sc2c1CCN(Cc1ccccc1)C2. The molecule has 1 aliphatic heterocycles. The summed E-state index contributed by atoms with van der Waals surface area (Å²) in [5.41, 5.74) is 4.44. The van der Waals surface area contributed by atoms with Gasteiger partial charge in [0.05, 0.1) is 5.56 Å². The number of hydrogen-bond acceptors (Lipinski definition) is 5. The van der Waals surface area contributed by atoms with E-state index in [1.165, 1.54) is 16.9 Å². The number of carbonyl (C=O) groups excluding carboxylic acids is 2. The van der Waals surface area contributed by atoms with Gasteiger partial charge < -0.3 is 5.32 Å². The predicted octanol–water partition coefficient (Wildman–Crippen LogP) is 6.08. The minimum atomic E-state index is -0.292. The minimum Gasteiger partial charge on any atom is -0.312 e. The summed E-state index contributed by atoms with van der Waals surface area (Å²) in [6.45, 7) is 2.49. The smallest absolute Gasteiger partial charge is 0.256 e. The number of hydrogen-bond donors (Lipinski definition) is 1. The van der Waals surface area contributed by atoms with Crippen LogP contribution in [-0.4, -0.2) is 23.1 Å². The maximum Gasteiger partial charge on any atom is 0.256 e. The van der Waals surface area contributed by atoms with Gasteiger partial charge in [-0.3, -0.25) is 14.5 Å². The van der Waals surface area contributed by atoms with E-state index < -0.39 is 0 Å². The average molecular weight is 514 g/mol. The largest absolute Gasteiger partial charge is 0.312 e. The molecule has 0 saturated carbocycles. The van der Waals surface area contributed by atoms with E-state index in [1.54, 1.807) is 36.4 Å². The second-order valence-corrected chi connectivity index (χ2v) is 9.60. The fourth-order valence-electron chi connectivity index (χ4n) is 4.34. The number of anilines is 1. The van der Waals surface area contributed by atoms with Gasteiger partial charge in [0.2, 0.25) is 0 Å². The van der Waals surface area contributed by atoms with E-state index >= 15 is 0 Å². The van der Waals surface area contributed by atoms with Gasteiger partial charge in [-0.15, -0.1) is 23.7 Å². The molecule has 0 bridgehead atoms. The Morgan fingerprint density at radius 2 is 1.50 bits per heavy atom. The normalized spacial score (nSPS) is 12.6. The Balaban J connectivity index is 0.00000304. The van der Waals surface area contributed by atoms with Crippen LogP contribution in [0.25, 0.3) is 0 Å². The molecule has 1 aromatic heterocycles. The van der Waals surface area contributed by atoms with E-state index in [0.29, 0.717) is 27.3 Å². The number of carbonyl (C=O) groups is 2. The number of nitrogens with zero attached hydrogens (tertiary/aromatic N) is 2. The van der Waals surface area contributed by atoms with Gasteiger partial charge in [-0.2, -0.15) is 5.26 Å². The van der Waals surface area contributed by atoms with Crippen LogP contribution in [0.3, 0.4) is 0 Å². The van der Waals surface area contributed by atoms with Crippen LogP contribution in [0.5, 0.6) is 0 Å². The molecule has 5 rings (SSSR count). The molecule has 1 aliphatic rings. The van der Waals surface area contributed by atoms with Gasteiger partial charge in [0.1, 0.15) is 11.1 Å². The van der Waals surface area contributed by atoms with Gasteiger partial charge in [0.25, 0.3) is 5.91 Å². The summed E-state index contributed by atoms with van der Waals surface area (Å²) in [5.74, 6) is -0.379. The van der Waals surface area contributed by atoms with E-state index in [1.807, 2.05) is 36.4 Å². The van der Waals surface area contributed by atoms with Crippen molar-refractivity contribution in [3.05, 3.63) is 123 Å². The Bertz CT molecular complexity index is 1410. The topological polar surface area (TPSA) is 73.2 Å². The van der Waals surface area contributed by atoms with Crippen LogP contribution >= 0.6 is 23.7 Å². The molecule has 36 heavy (non-hydrogen) atoms. The Kier molecular flexibility index (Phi) is 7.97. The molecule has 2 heterocycles. The maximum absolute atomic E-state index is 12.9.